The number of carbonyl (C=O) groups excluding carboxylic acids is 1. The summed E-state index contributed by atoms with van der Waals surface area (Å²) < 4.78 is 0. The molecule has 6 heteroatoms. The van der Waals surface area contributed by atoms with Crippen molar-refractivity contribution < 1.29 is 9.90 Å². The number of benzene rings is 1. The van der Waals surface area contributed by atoms with Gasteiger partial charge < -0.3 is 15.3 Å². The van der Waals surface area contributed by atoms with Gasteiger partial charge in [-0.25, -0.2) is 4.98 Å². The lowest BCUT2D eigenvalue weighted by molar-refractivity contribution is -0.126. The molecule has 2 fully saturated rings. The summed E-state index contributed by atoms with van der Waals surface area (Å²) in [6, 6.07) is 12.1. The van der Waals surface area contributed by atoms with Crippen LogP contribution in [0.25, 0.3) is 11.1 Å². The summed E-state index contributed by atoms with van der Waals surface area (Å²) in [7, 11) is 0. The first kappa shape index (κ1) is 20.2. The highest BCUT2D eigenvalue weighted by Gasteiger charge is 2.29. The molecule has 1 unspecified atom stereocenters. The van der Waals surface area contributed by atoms with Crippen molar-refractivity contribution in [2.45, 2.75) is 50.7 Å². The molecule has 2 aromatic rings. The summed E-state index contributed by atoms with van der Waals surface area (Å²) in [4.78, 5) is 19.6. The molecule has 29 heavy (non-hydrogen) atoms. The van der Waals surface area contributed by atoms with Crippen LogP contribution in [0, 0.1) is 5.92 Å². The van der Waals surface area contributed by atoms with Crippen LogP contribution >= 0.6 is 11.6 Å². The number of halogens is 1. The Kier molecular flexibility index (Phi) is 6.36. The fourth-order valence-corrected chi connectivity index (χ4v) is 4.45. The zero-order valence-corrected chi connectivity index (χ0v) is 17.3. The number of aliphatic hydroxyl groups excluding tert-OH is 1. The van der Waals surface area contributed by atoms with Gasteiger partial charge in [-0.2, -0.15) is 0 Å². The van der Waals surface area contributed by atoms with E-state index in [0.717, 1.165) is 67.0 Å². The number of aliphatic hydroxyl groups is 1. The number of carbonyl (C=O) groups is 1. The number of hydrogen-bond donors (Lipinski definition) is 2. The maximum absolute atomic E-state index is 12.8. The molecule has 1 atom stereocenters. The lowest BCUT2D eigenvalue weighted by Crippen LogP contribution is -2.47. The average molecular weight is 414 g/mol. The SMILES string of the molecule is O=C(NC1CCC(O)CC1)C1CCCN(c2ccc(-c3ccc(Cl)cc3)cn2)C1. The summed E-state index contributed by atoms with van der Waals surface area (Å²) in [5, 5.41) is 13.6. The first-order valence-corrected chi connectivity index (χ1v) is 10.9. The maximum atomic E-state index is 12.8. The molecule has 1 aromatic carbocycles. The van der Waals surface area contributed by atoms with Crippen molar-refractivity contribution >= 4 is 23.3 Å². The van der Waals surface area contributed by atoms with E-state index < -0.39 is 0 Å². The van der Waals surface area contributed by atoms with Crippen molar-refractivity contribution in [3.8, 4) is 11.1 Å². The van der Waals surface area contributed by atoms with Crippen LogP contribution in [0.15, 0.2) is 42.6 Å². The van der Waals surface area contributed by atoms with Gasteiger partial charge in [0.15, 0.2) is 0 Å². The number of rotatable bonds is 4. The Bertz CT molecular complexity index is 817. The molecule has 1 aromatic heterocycles. The zero-order valence-electron chi connectivity index (χ0n) is 16.6. The van der Waals surface area contributed by atoms with Crippen LogP contribution in [-0.4, -0.2) is 41.2 Å². The molecule has 0 spiro atoms. The van der Waals surface area contributed by atoms with Crippen LogP contribution in [0.5, 0.6) is 0 Å². The van der Waals surface area contributed by atoms with Crippen molar-refractivity contribution in [1.82, 2.24) is 10.3 Å². The van der Waals surface area contributed by atoms with Crippen LogP contribution in [-0.2, 0) is 4.79 Å². The predicted octanol–water partition coefficient (Wildman–Crippen LogP) is 4.04. The Morgan fingerprint density at radius 1 is 1.03 bits per heavy atom. The number of pyridine rings is 1. The second kappa shape index (κ2) is 9.14. The Morgan fingerprint density at radius 2 is 1.76 bits per heavy atom. The highest BCUT2D eigenvalue weighted by Crippen LogP contribution is 2.26. The third-order valence-electron chi connectivity index (χ3n) is 6.08. The fourth-order valence-electron chi connectivity index (χ4n) is 4.32. The quantitative estimate of drug-likeness (QED) is 0.793. The molecular weight excluding hydrogens is 386 g/mol. The van der Waals surface area contributed by atoms with Gasteiger partial charge in [0.05, 0.1) is 12.0 Å². The van der Waals surface area contributed by atoms with E-state index in [2.05, 4.69) is 21.3 Å². The van der Waals surface area contributed by atoms with Crippen LogP contribution in [0.2, 0.25) is 5.02 Å². The molecular formula is C23H28ClN3O2. The molecule has 1 saturated heterocycles. The second-order valence-corrected chi connectivity index (χ2v) is 8.65. The molecule has 0 radical (unpaired) electrons. The Hall–Kier alpha value is -2.11. The molecule has 0 bridgehead atoms. The first-order valence-electron chi connectivity index (χ1n) is 10.5. The van der Waals surface area contributed by atoms with Gasteiger partial charge in [-0.3, -0.25) is 4.79 Å². The number of nitrogens with one attached hydrogen (secondary N) is 1. The number of aromatic nitrogens is 1. The monoisotopic (exact) mass is 413 g/mol. The molecule has 1 amide bonds. The summed E-state index contributed by atoms with van der Waals surface area (Å²) >= 11 is 5.97. The summed E-state index contributed by atoms with van der Waals surface area (Å²) in [6.45, 7) is 1.63. The van der Waals surface area contributed by atoms with Crippen LogP contribution in [0.1, 0.15) is 38.5 Å². The first-order chi connectivity index (χ1) is 14.1. The van der Waals surface area contributed by atoms with Crippen molar-refractivity contribution in [3.05, 3.63) is 47.6 Å². The Balaban J connectivity index is 1.36. The van der Waals surface area contributed by atoms with Crippen LogP contribution in [0.4, 0.5) is 5.82 Å². The lowest BCUT2D eigenvalue weighted by Gasteiger charge is -2.34. The van der Waals surface area contributed by atoms with Crippen LogP contribution in [0.3, 0.4) is 0 Å². The smallest absolute Gasteiger partial charge is 0.225 e. The van der Waals surface area contributed by atoms with Gasteiger partial charge in [-0.05, 0) is 68.4 Å². The molecule has 1 aliphatic carbocycles. The van der Waals surface area contributed by atoms with Crippen molar-refractivity contribution in [1.29, 1.82) is 0 Å². The third kappa shape index (κ3) is 5.09. The topological polar surface area (TPSA) is 65.5 Å². The Morgan fingerprint density at radius 3 is 2.45 bits per heavy atom. The minimum atomic E-state index is -0.199. The highest BCUT2D eigenvalue weighted by atomic mass is 35.5. The Labute approximate surface area is 177 Å². The standard InChI is InChI=1S/C23H28ClN3O2/c24-19-6-3-16(4-7-19)17-5-12-22(25-14-17)27-13-1-2-18(15-27)23(29)26-20-8-10-21(28)11-9-20/h3-7,12,14,18,20-21,28H,1-2,8-11,13,15H2,(H,26,29). The molecule has 1 saturated carbocycles. The number of anilines is 1. The van der Waals surface area contributed by atoms with Gasteiger partial charge in [0.25, 0.3) is 0 Å². The van der Waals surface area contributed by atoms with Gasteiger partial charge in [-0.15, -0.1) is 0 Å². The number of nitrogens with zero attached hydrogens (tertiary/aromatic N) is 2. The molecule has 154 valence electrons. The second-order valence-electron chi connectivity index (χ2n) is 8.21. The van der Waals surface area contributed by atoms with Gasteiger partial charge in [0.2, 0.25) is 5.91 Å². The molecule has 4 rings (SSSR count). The molecule has 2 heterocycles. The summed E-state index contributed by atoms with van der Waals surface area (Å²) in [6.07, 6.45) is 6.90. The predicted molar refractivity (Wildman–Crippen MR) is 116 cm³/mol. The molecule has 2 N–H and O–H groups in total. The van der Waals surface area contributed by atoms with E-state index in [1.54, 1.807) is 0 Å². The van der Waals surface area contributed by atoms with E-state index >= 15 is 0 Å². The number of piperidine rings is 1. The minimum absolute atomic E-state index is 0.00617. The highest BCUT2D eigenvalue weighted by molar-refractivity contribution is 6.30. The van der Waals surface area contributed by atoms with Crippen molar-refractivity contribution in [2.24, 2.45) is 5.92 Å². The van der Waals surface area contributed by atoms with E-state index in [0.29, 0.717) is 6.54 Å². The van der Waals surface area contributed by atoms with E-state index in [1.165, 1.54) is 0 Å². The molecule has 1 aliphatic heterocycles. The van der Waals surface area contributed by atoms with Crippen molar-refractivity contribution in [3.63, 3.8) is 0 Å². The lowest BCUT2D eigenvalue weighted by atomic mass is 9.91. The van der Waals surface area contributed by atoms with E-state index in [4.69, 9.17) is 11.6 Å². The third-order valence-corrected chi connectivity index (χ3v) is 6.34. The minimum Gasteiger partial charge on any atom is -0.393 e. The van der Waals surface area contributed by atoms with E-state index in [-0.39, 0.29) is 24.0 Å². The largest absolute Gasteiger partial charge is 0.393 e. The van der Waals surface area contributed by atoms with Gasteiger partial charge >= 0.3 is 0 Å². The maximum Gasteiger partial charge on any atom is 0.225 e. The molecule has 2 aliphatic rings. The van der Waals surface area contributed by atoms with Gasteiger partial charge in [0.1, 0.15) is 5.82 Å². The van der Waals surface area contributed by atoms with Crippen molar-refractivity contribution in [2.75, 3.05) is 18.0 Å². The van der Waals surface area contributed by atoms with Crippen LogP contribution < -0.4 is 10.2 Å². The molecule has 5 nitrogen and oxygen atoms in total. The van der Waals surface area contributed by atoms with E-state index in [9.17, 15) is 9.90 Å². The van der Waals surface area contributed by atoms with Gasteiger partial charge in [0, 0.05) is 35.9 Å². The number of amides is 1. The fraction of sp³-hybridized carbons (Fsp3) is 0.478. The summed E-state index contributed by atoms with van der Waals surface area (Å²) in [5.74, 6) is 1.06. The summed E-state index contributed by atoms with van der Waals surface area (Å²) in [5.41, 5.74) is 2.14. The van der Waals surface area contributed by atoms with E-state index in [1.807, 2.05) is 36.5 Å². The normalized spacial score (nSPS) is 24.9. The average Bonchev–Trinajstić information content (AvgIpc) is 2.76. The van der Waals surface area contributed by atoms with Gasteiger partial charge in [-0.1, -0.05) is 23.7 Å². The number of hydrogen-bond acceptors (Lipinski definition) is 4. The zero-order chi connectivity index (χ0) is 20.2.